The number of carbonyl (C=O) groups excluding carboxylic acids is 2. The molecule has 74 heavy (non-hydrogen) atoms. The first-order chi connectivity index (χ1) is 36.6. The van der Waals surface area contributed by atoms with Crippen molar-refractivity contribution in [3.05, 3.63) is 12.2 Å². The zero-order valence-corrected chi connectivity index (χ0v) is 49.9. The molecule has 1 fully saturated rings. The van der Waals surface area contributed by atoms with Gasteiger partial charge >= 0.3 is 11.9 Å². The quantitative estimate of drug-likeness (QED) is 0.0358. The van der Waals surface area contributed by atoms with Crippen LogP contribution in [0, 0.1) is 11.3 Å². The molecule has 1 saturated heterocycles. The van der Waals surface area contributed by atoms with Gasteiger partial charge in [0.15, 0.2) is 0 Å². The van der Waals surface area contributed by atoms with Crippen LogP contribution in [0.4, 0.5) is 0 Å². The minimum atomic E-state index is -1.12. The fourth-order valence-electron chi connectivity index (χ4n) is 11.3. The molecule has 0 radical (unpaired) electrons. The lowest BCUT2D eigenvalue weighted by Crippen LogP contribution is -2.40. The van der Waals surface area contributed by atoms with Crippen LogP contribution in [0.3, 0.4) is 0 Å². The Bertz CT molecular complexity index is 1160. The summed E-state index contributed by atoms with van der Waals surface area (Å²) in [5, 5.41) is 19.2. The number of allylic oxidation sites excluding steroid dienone is 2. The Labute approximate surface area is 462 Å². The normalized spacial score (nSPS) is 15.1. The molecule has 1 unspecified atom stereocenters. The molecular weight excluding hydrogens is 913 g/mol. The molecule has 0 spiro atoms. The van der Waals surface area contributed by atoms with Gasteiger partial charge < -0.3 is 19.7 Å². The molecule has 6 heteroatoms. The SMILES string of the molecule is CCCCCCCCCCCCCCCCCCCC/C=C/CCCCCCCCCCCCCCCCCCCCCCCCCCCCCCCCCCCCCC1CC(=O)OCC(CO)(CO)COC1=O. The van der Waals surface area contributed by atoms with E-state index in [0.29, 0.717) is 6.42 Å². The Hall–Kier alpha value is -1.40. The van der Waals surface area contributed by atoms with E-state index in [1.807, 2.05) is 0 Å². The standard InChI is InChI=1S/C68H130O6/c1-2-3-4-5-6-7-8-9-10-11-12-13-14-15-16-17-18-19-20-21-22-23-24-25-26-27-28-29-30-31-32-33-34-35-36-37-38-39-40-41-42-43-44-45-46-47-48-49-50-51-52-53-54-55-56-57-58-59-65-60-66(71)73-63-68(61-69,62-70)64-74-67(65)72/h21-22,65,69-70H,2-20,23-64H2,1H3/b22-21+. The van der Waals surface area contributed by atoms with Gasteiger partial charge in [-0.2, -0.15) is 0 Å². The molecule has 6 nitrogen and oxygen atoms in total. The summed E-state index contributed by atoms with van der Waals surface area (Å²) in [5.74, 6) is -1.40. The second-order valence-corrected chi connectivity index (χ2v) is 24.2. The molecule has 0 amide bonds. The van der Waals surface area contributed by atoms with E-state index in [2.05, 4.69) is 19.1 Å². The number of hydrogen-bond acceptors (Lipinski definition) is 6. The monoisotopic (exact) mass is 1040 g/mol. The first-order valence-corrected chi connectivity index (χ1v) is 33.8. The van der Waals surface area contributed by atoms with Crippen molar-refractivity contribution in [1.29, 1.82) is 0 Å². The number of rotatable bonds is 59. The van der Waals surface area contributed by atoms with Crippen LogP contribution >= 0.6 is 0 Å². The summed E-state index contributed by atoms with van der Waals surface area (Å²) in [4.78, 5) is 24.8. The van der Waals surface area contributed by atoms with Crippen LogP contribution in [0.25, 0.3) is 0 Å². The maximum atomic E-state index is 12.6. The number of esters is 2. The Kier molecular flexibility index (Phi) is 55.1. The third-order valence-electron chi connectivity index (χ3n) is 16.8. The number of aliphatic hydroxyl groups is 2. The van der Waals surface area contributed by atoms with E-state index >= 15 is 0 Å². The molecule has 1 atom stereocenters. The smallest absolute Gasteiger partial charge is 0.309 e. The summed E-state index contributed by atoms with van der Waals surface area (Å²) in [6, 6.07) is 0. The van der Waals surface area contributed by atoms with Crippen molar-refractivity contribution in [2.45, 2.75) is 373 Å². The maximum Gasteiger partial charge on any atom is 0.309 e. The van der Waals surface area contributed by atoms with Crippen LogP contribution in [0.5, 0.6) is 0 Å². The van der Waals surface area contributed by atoms with Crippen molar-refractivity contribution in [3.63, 3.8) is 0 Å². The number of carbonyl (C=O) groups is 2. The molecule has 0 aliphatic carbocycles. The zero-order chi connectivity index (χ0) is 53.2. The van der Waals surface area contributed by atoms with Crippen molar-refractivity contribution in [2.24, 2.45) is 11.3 Å². The second kappa shape index (κ2) is 57.8. The highest BCUT2D eigenvalue weighted by atomic mass is 16.6. The van der Waals surface area contributed by atoms with Crippen LogP contribution in [-0.2, 0) is 19.1 Å². The predicted molar refractivity (Wildman–Crippen MR) is 320 cm³/mol. The van der Waals surface area contributed by atoms with Gasteiger partial charge in [0.25, 0.3) is 0 Å². The van der Waals surface area contributed by atoms with Crippen LogP contribution in [0.15, 0.2) is 12.2 Å². The Morgan fingerprint density at radius 1 is 0.351 bits per heavy atom. The fraction of sp³-hybridized carbons (Fsp3) is 0.941. The van der Waals surface area contributed by atoms with Crippen LogP contribution in [0.2, 0.25) is 0 Å². The summed E-state index contributed by atoms with van der Waals surface area (Å²) in [5.41, 5.74) is -1.12. The van der Waals surface area contributed by atoms with E-state index in [1.54, 1.807) is 0 Å². The number of unbranched alkanes of at least 4 members (excludes halogenated alkanes) is 53. The van der Waals surface area contributed by atoms with Gasteiger partial charge in [0.05, 0.1) is 31.0 Å². The average molecular weight is 1040 g/mol. The third-order valence-corrected chi connectivity index (χ3v) is 16.8. The van der Waals surface area contributed by atoms with Crippen molar-refractivity contribution in [1.82, 2.24) is 0 Å². The summed E-state index contributed by atoms with van der Waals surface area (Å²) in [6.07, 6.45) is 83.1. The largest absolute Gasteiger partial charge is 0.465 e. The molecule has 2 N–H and O–H groups in total. The average Bonchev–Trinajstić information content (AvgIpc) is 3.47. The van der Waals surface area contributed by atoms with E-state index in [9.17, 15) is 19.8 Å². The minimum Gasteiger partial charge on any atom is -0.465 e. The van der Waals surface area contributed by atoms with Crippen LogP contribution < -0.4 is 0 Å². The van der Waals surface area contributed by atoms with Gasteiger partial charge in [0.1, 0.15) is 13.2 Å². The molecule has 0 aromatic carbocycles. The van der Waals surface area contributed by atoms with Crippen molar-refractivity contribution in [2.75, 3.05) is 26.4 Å². The Balaban J connectivity index is 1.67. The first kappa shape index (κ1) is 70.6. The lowest BCUT2D eigenvalue weighted by atomic mass is 9.92. The van der Waals surface area contributed by atoms with E-state index in [1.165, 1.54) is 334 Å². The Morgan fingerprint density at radius 3 is 0.838 bits per heavy atom. The number of ether oxygens (including phenoxy) is 2. The molecule has 1 rings (SSSR count). The van der Waals surface area contributed by atoms with E-state index in [4.69, 9.17) is 9.47 Å². The highest BCUT2D eigenvalue weighted by Crippen LogP contribution is 2.25. The molecule has 1 aliphatic rings. The highest BCUT2D eigenvalue weighted by molar-refractivity contribution is 5.80. The van der Waals surface area contributed by atoms with E-state index in [0.717, 1.165) is 19.3 Å². The van der Waals surface area contributed by atoms with Crippen LogP contribution in [-0.4, -0.2) is 48.6 Å². The van der Waals surface area contributed by atoms with Crippen molar-refractivity contribution in [3.8, 4) is 0 Å². The van der Waals surface area contributed by atoms with E-state index < -0.39 is 36.5 Å². The number of hydrogen-bond donors (Lipinski definition) is 2. The van der Waals surface area contributed by atoms with Gasteiger partial charge in [-0.1, -0.05) is 347 Å². The molecule has 0 bridgehead atoms. The summed E-state index contributed by atoms with van der Waals surface area (Å²) >= 11 is 0. The van der Waals surface area contributed by atoms with Gasteiger partial charge in [0.2, 0.25) is 0 Å². The molecule has 1 heterocycles. The van der Waals surface area contributed by atoms with Gasteiger partial charge in [0, 0.05) is 0 Å². The number of cyclic esters (lactones) is 2. The zero-order valence-electron chi connectivity index (χ0n) is 49.9. The van der Waals surface area contributed by atoms with Crippen LogP contribution in [0.1, 0.15) is 373 Å². The molecule has 0 saturated carbocycles. The first-order valence-electron chi connectivity index (χ1n) is 33.8. The van der Waals surface area contributed by atoms with E-state index in [-0.39, 0.29) is 19.6 Å². The fourth-order valence-corrected chi connectivity index (χ4v) is 11.3. The third kappa shape index (κ3) is 48.9. The summed E-state index contributed by atoms with van der Waals surface area (Å²) < 4.78 is 10.6. The van der Waals surface area contributed by atoms with Gasteiger partial charge in [-0.05, 0) is 32.1 Å². The predicted octanol–water partition coefficient (Wildman–Crippen LogP) is 21.5. The highest BCUT2D eigenvalue weighted by Gasteiger charge is 2.36. The Morgan fingerprint density at radius 2 is 0.581 bits per heavy atom. The molecular formula is C68H130O6. The summed E-state index contributed by atoms with van der Waals surface area (Å²) in [7, 11) is 0. The van der Waals surface area contributed by atoms with Crippen molar-refractivity contribution < 1.29 is 29.3 Å². The second-order valence-electron chi connectivity index (χ2n) is 24.2. The van der Waals surface area contributed by atoms with Gasteiger partial charge in [-0.3, -0.25) is 9.59 Å². The number of aliphatic hydroxyl groups excluding tert-OH is 2. The van der Waals surface area contributed by atoms with Gasteiger partial charge in [-0.25, -0.2) is 0 Å². The lowest BCUT2D eigenvalue weighted by molar-refractivity contribution is -0.155. The molecule has 1 aliphatic heterocycles. The lowest BCUT2D eigenvalue weighted by Gasteiger charge is -2.27. The van der Waals surface area contributed by atoms with Crippen molar-refractivity contribution >= 4 is 11.9 Å². The summed E-state index contributed by atoms with van der Waals surface area (Å²) in [6.45, 7) is 1.21. The topological polar surface area (TPSA) is 93.1 Å². The molecule has 438 valence electrons. The molecule has 0 aromatic heterocycles. The maximum absolute atomic E-state index is 12.6. The van der Waals surface area contributed by atoms with Gasteiger partial charge in [-0.15, -0.1) is 0 Å². The molecule has 0 aromatic rings. The minimum absolute atomic E-state index is 0.00498.